The van der Waals surface area contributed by atoms with Crippen molar-refractivity contribution in [3.05, 3.63) is 30.1 Å². The molecule has 1 saturated carbocycles. The van der Waals surface area contributed by atoms with E-state index in [9.17, 15) is 14.0 Å². The number of amides is 1. The Morgan fingerprint density at radius 1 is 1.48 bits per heavy atom. The molecule has 1 heterocycles. The number of hydrogen-bond donors (Lipinski definition) is 2. The number of nitrogens with one attached hydrogen (secondary N) is 1. The summed E-state index contributed by atoms with van der Waals surface area (Å²) in [7, 11) is 0. The number of rotatable bonds is 4. The first kappa shape index (κ1) is 14.0. The highest BCUT2D eigenvalue weighted by atomic mass is 19.1. The lowest BCUT2D eigenvalue weighted by molar-refractivity contribution is -0.138. The number of carboxylic acids is 1. The molecule has 1 amide bonds. The Morgan fingerprint density at radius 2 is 2.29 bits per heavy atom. The SMILES string of the molecule is O=C(O)CN1CC[C@@]2(C[C@H]2C(=O)Nc2cccc(F)c2)C1. The Hall–Kier alpha value is -1.95. The molecule has 0 radical (unpaired) electrons. The van der Waals surface area contributed by atoms with Crippen LogP contribution >= 0.6 is 0 Å². The minimum Gasteiger partial charge on any atom is -0.480 e. The molecule has 0 aromatic heterocycles. The molecule has 5 nitrogen and oxygen atoms in total. The standard InChI is InChI=1S/C15H17FN2O3/c16-10-2-1-3-11(6-10)17-14(21)12-7-15(12)4-5-18(9-15)8-13(19)20/h1-3,6,12H,4-5,7-9H2,(H,17,21)(H,19,20)/t12-,15+/m0/s1. The van der Waals surface area contributed by atoms with E-state index >= 15 is 0 Å². The highest BCUT2D eigenvalue weighted by Crippen LogP contribution is 2.58. The maximum absolute atomic E-state index is 13.1. The van der Waals surface area contributed by atoms with Crippen LogP contribution in [-0.4, -0.2) is 41.5 Å². The van der Waals surface area contributed by atoms with Crippen molar-refractivity contribution >= 4 is 17.6 Å². The summed E-state index contributed by atoms with van der Waals surface area (Å²) in [5, 5.41) is 11.5. The van der Waals surface area contributed by atoms with Gasteiger partial charge in [-0.15, -0.1) is 0 Å². The number of carbonyl (C=O) groups is 2. The molecule has 1 aliphatic carbocycles. The predicted molar refractivity (Wildman–Crippen MR) is 74.3 cm³/mol. The number of anilines is 1. The second-order valence-corrected chi connectivity index (χ2v) is 5.97. The molecule has 1 aromatic carbocycles. The van der Waals surface area contributed by atoms with Crippen molar-refractivity contribution in [2.24, 2.45) is 11.3 Å². The van der Waals surface area contributed by atoms with Gasteiger partial charge < -0.3 is 10.4 Å². The summed E-state index contributed by atoms with van der Waals surface area (Å²) in [6, 6.07) is 5.83. The summed E-state index contributed by atoms with van der Waals surface area (Å²) in [6.45, 7) is 1.40. The topological polar surface area (TPSA) is 69.6 Å². The lowest BCUT2D eigenvalue weighted by atomic mass is 10.0. The third kappa shape index (κ3) is 2.90. The van der Waals surface area contributed by atoms with E-state index in [1.807, 2.05) is 4.90 Å². The van der Waals surface area contributed by atoms with Crippen molar-refractivity contribution in [1.29, 1.82) is 0 Å². The van der Waals surface area contributed by atoms with Gasteiger partial charge in [-0.1, -0.05) is 6.07 Å². The van der Waals surface area contributed by atoms with E-state index in [4.69, 9.17) is 5.11 Å². The Balaban J connectivity index is 1.58. The number of nitrogens with zero attached hydrogens (tertiary/aromatic N) is 1. The van der Waals surface area contributed by atoms with Gasteiger partial charge in [-0.2, -0.15) is 0 Å². The van der Waals surface area contributed by atoms with Crippen LogP contribution in [0.3, 0.4) is 0 Å². The van der Waals surface area contributed by atoms with Gasteiger partial charge in [0.25, 0.3) is 0 Å². The van der Waals surface area contributed by atoms with Crippen LogP contribution < -0.4 is 5.32 Å². The zero-order chi connectivity index (χ0) is 15.0. The van der Waals surface area contributed by atoms with Gasteiger partial charge in [0.05, 0.1) is 6.54 Å². The van der Waals surface area contributed by atoms with Crippen LogP contribution in [0.25, 0.3) is 0 Å². The van der Waals surface area contributed by atoms with Gasteiger partial charge in [0.1, 0.15) is 5.82 Å². The molecule has 3 rings (SSSR count). The van der Waals surface area contributed by atoms with Crippen LogP contribution in [0.2, 0.25) is 0 Å². The third-order valence-electron chi connectivity index (χ3n) is 4.42. The van der Waals surface area contributed by atoms with Gasteiger partial charge in [-0.3, -0.25) is 14.5 Å². The number of aliphatic carboxylic acids is 1. The first-order chi connectivity index (χ1) is 9.98. The molecule has 2 atom stereocenters. The van der Waals surface area contributed by atoms with E-state index < -0.39 is 5.97 Å². The molecule has 112 valence electrons. The Kier molecular flexibility index (Phi) is 3.41. The molecular weight excluding hydrogens is 275 g/mol. The summed E-state index contributed by atoms with van der Waals surface area (Å²) < 4.78 is 13.1. The van der Waals surface area contributed by atoms with Crippen LogP contribution in [0.5, 0.6) is 0 Å². The number of carboxylic acid groups (broad SMARTS) is 1. The fraction of sp³-hybridized carbons (Fsp3) is 0.467. The summed E-state index contributed by atoms with van der Waals surface area (Å²) in [5.41, 5.74) is 0.384. The van der Waals surface area contributed by atoms with Crippen molar-refractivity contribution in [2.75, 3.05) is 25.0 Å². The Bertz CT molecular complexity index is 592. The first-order valence-corrected chi connectivity index (χ1v) is 6.99. The quantitative estimate of drug-likeness (QED) is 0.883. The molecule has 2 fully saturated rings. The molecular formula is C15H17FN2O3. The fourth-order valence-corrected chi connectivity index (χ4v) is 3.28. The largest absolute Gasteiger partial charge is 0.480 e. The molecule has 2 N–H and O–H groups in total. The van der Waals surface area contributed by atoms with E-state index in [2.05, 4.69) is 5.32 Å². The molecule has 1 aromatic rings. The van der Waals surface area contributed by atoms with Crippen molar-refractivity contribution in [1.82, 2.24) is 4.90 Å². The lowest BCUT2D eigenvalue weighted by Crippen LogP contribution is -2.28. The number of halogens is 1. The fourth-order valence-electron chi connectivity index (χ4n) is 3.28. The molecule has 6 heteroatoms. The van der Waals surface area contributed by atoms with Crippen LogP contribution in [0.1, 0.15) is 12.8 Å². The van der Waals surface area contributed by atoms with Crippen LogP contribution in [-0.2, 0) is 9.59 Å². The molecule has 0 bridgehead atoms. The highest BCUT2D eigenvalue weighted by molar-refractivity contribution is 5.95. The zero-order valence-corrected chi connectivity index (χ0v) is 11.5. The predicted octanol–water partition coefficient (Wildman–Crippen LogP) is 1.56. The molecule has 2 aliphatic rings. The molecule has 0 unspecified atom stereocenters. The summed E-state index contributed by atoms with van der Waals surface area (Å²) >= 11 is 0. The van der Waals surface area contributed by atoms with Crippen molar-refractivity contribution in [3.63, 3.8) is 0 Å². The molecule has 1 spiro atoms. The third-order valence-corrected chi connectivity index (χ3v) is 4.42. The van der Waals surface area contributed by atoms with Crippen molar-refractivity contribution in [2.45, 2.75) is 12.8 Å². The number of benzene rings is 1. The Morgan fingerprint density at radius 3 is 3.00 bits per heavy atom. The van der Waals surface area contributed by atoms with Gasteiger partial charge >= 0.3 is 5.97 Å². The minimum atomic E-state index is -0.839. The van der Waals surface area contributed by atoms with Gasteiger partial charge in [0.15, 0.2) is 0 Å². The summed E-state index contributed by atoms with van der Waals surface area (Å²) in [4.78, 5) is 24.8. The van der Waals surface area contributed by atoms with Gasteiger partial charge in [0.2, 0.25) is 5.91 Å². The smallest absolute Gasteiger partial charge is 0.317 e. The second-order valence-electron chi connectivity index (χ2n) is 5.97. The van der Waals surface area contributed by atoms with Crippen LogP contribution in [0.15, 0.2) is 24.3 Å². The zero-order valence-electron chi connectivity index (χ0n) is 11.5. The molecule has 21 heavy (non-hydrogen) atoms. The van der Waals surface area contributed by atoms with Crippen LogP contribution in [0, 0.1) is 17.2 Å². The average Bonchev–Trinajstić information content (AvgIpc) is 2.95. The maximum Gasteiger partial charge on any atom is 0.317 e. The first-order valence-electron chi connectivity index (χ1n) is 6.99. The van der Waals surface area contributed by atoms with E-state index in [0.717, 1.165) is 19.4 Å². The Labute approximate surface area is 121 Å². The van der Waals surface area contributed by atoms with Gasteiger partial charge in [-0.25, -0.2) is 4.39 Å². The van der Waals surface area contributed by atoms with E-state index in [1.54, 1.807) is 12.1 Å². The van der Waals surface area contributed by atoms with Gasteiger partial charge in [-0.05, 0) is 43.0 Å². The van der Waals surface area contributed by atoms with Gasteiger partial charge in [0, 0.05) is 18.2 Å². The second kappa shape index (κ2) is 5.11. The van der Waals surface area contributed by atoms with Crippen LogP contribution in [0.4, 0.5) is 10.1 Å². The lowest BCUT2D eigenvalue weighted by Gasteiger charge is -2.13. The van der Waals surface area contributed by atoms with E-state index in [-0.39, 0.29) is 29.6 Å². The maximum atomic E-state index is 13.1. The molecule has 1 aliphatic heterocycles. The van der Waals surface area contributed by atoms with Crippen molar-refractivity contribution in [3.8, 4) is 0 Å². The van der Waals surface area contributed by atoms with Crippen molar-refractivity contribution < 1.29 is 19.1 Å². The highest BCUT2D eigenvalue weighted by Gasteiger charge is 2.60. The monoisotopic (exact) mass is 292 g/mol. The van der Waals surface area contributed by atoms with E-state index in [1.165, 1.54) is 12.1 Å². The molecule has 1 saturated heterocycles. The minimum absolute atomic E-state index is 0.0278. The summed E-state index contributed by atoms with van der Waals surface area (Å²) in [5.74, 6) is -1.42. The summed E-state index contributed by atoms with van der Waals surface area (Å²) in [6.07, 6.45) is 1.63. The average molecular weight is 292 g/mol. The normalized spacial score (nSPS) is 27.8. The number of likely N-dealkylation sites (tertiary alicyclic amines) is 1. The van der Waals surface area contributed by atoms with E-state index in [0.29, 0.717) is 12.2 Å². The number of hydrogen-bond acceptors (Lipinski definition) is 3. The number of carbonyl (C=O) groups excluding carboxylic acids is 1.